The Labute approximate surface area is 284 Å². The van der Waals surface area contributed by atoms with Crippen molar-refractivity contribution in [1.82, 2.24) is 9.97 Å². The summed E-state index contributed by atoms with van der Waals surface area (Å²) in [6, 6.07) is 32.4. The number of benzene rings is 4. The monoisotopic (exact) mass is 706 g/mol. The second kappa shape index (κ2) is 10.3. The molecule has 2 nitrogen and oxygen atoms in total. The van der Waals surface area contributed by atoms with Gasteiger partial charge in [0.05, 0.1) is 30.2 Å². The maximum absolute atomic E-state index is 15.2. The minimum Gasteiger partial charge on any atom is -0.235 e. The molecule has 0 aliphatic heterocycles. The third-order valence-corrected chi connectivity index (χ3v) is 15.1. The summed E-state index contributed by atoms with van der Waals surface area (Å²) in [5.74, 6) is -0.453. The molecule has 6 aromatic heterocycles. The van der Waals surface area contributed by atoms with E-state index in [9.17, 15) is 0 Å². The highest BCUT2D eigenvalue weighted by Gasteiger charge is 2.20. The number of fused-ring (bicyclic) bond motifs is 5. The predicted octanol–water partition coefficient (Wildman–Crippen LogP) is 13.6. The summed E-state index contributed by atoms with van der Waals surface area (Å²) in [5, 5.41) is 6.02. The van der Waals surface area contributed by atoms with Crippen LogP contribution in [0.1, 0.15) is 0 Å². The second-order valence-corrected chi connectivity index (χ2v) is 17.2. The first-order chi connectivity index (χ1) is 22.5. The lowest BCUT2D eigenvalue weighted by molar-refractivity contribution is 0.636. The molecular formula is C36H16F2N2S6. The van der Waals surface area contributed by atoms with Gasteiger partial charge in [0.25, 0.3) is 0 Å². The molecule has 0 fully saturated rings. The number of halogens is 2. The Balaban J connectivity index is 0.999. The molecule has 0 saturated heterocycles. The van der Waals surface area contributed by atoms with E-state index < -0.39 is 0 Å². The van der Waals surface area contributed by atoms with Gasteiger partial charge in [-0.15, -0.1) is 68.0 Å². The van der Waals surface area contributed by atoms with Gasteiger partial charge in [0.1, 0.15) is 21.6 Å². The van der Waals surface area contributed by atoms with E-state index in [0.717, 1.165) is 80.9 Å². The van der Waals surface area contributed by atoms with Crippen LogP contribution in [0.4, 0.5) is 8.78 Å². The zero-order chi connectivity index (χ0) is 30.5. The minimum atomic E-state index is -0.226. The van der Waals surface area contributed by atoms with Crippen molar-refractivity contribution in [2.75, 3.05) is 0 Å². The lowest BCUT2D eigenvalue weighted by Crippen LogP contribution is -1.73. The number of thiophene rings is 4. The quantitative estimate of drug-likeness (QED) is 0.182. The lowest BCUT2D eigenvalue weighted by Gasteiger charge is -1.99. The van der Waals surface area contributed by atoms with Crippen molar-refractivity contribution in [3.05, 3.63) is 109 Å². The normalized spacial score (nSPS) is 12.1. The molecule has 0 N–H and O–H groups in total. The van der Waals surface area contributed by atoms with Crippen LogP contribution in [0.5, 0.6) is 0 Å². The summed E-state index contributed by atoms with van der Waals surface area (Å²) >= 11 is 9.34. The van der Waals surface area contributed by atoms with E-state index in [0.29, 0.717) is 9.75 Å². The van der Waals surface area contributed by atoms with Gasteiger partial charge < -0.3 is 0 Å². The average molecular weight is 707 g/mol. The van der Waals surface area contributed by atoms with Crippen molar-refractivity contribution in [2.24, 2.45) is 0 Å². The third kappa shape index (κ3) is 4.40. The largest absolute Gasteiger partial charge is 0.235 e. The highest BCUT2D eigenvalue weighted by atomic mass is 32.1. The Kier molecular flexibility index (Phi) is 6.10. The standard InChI is InChI=1S/C36H16F2N2S6/c37-21-15-31(43-33(21)35-39-23-5-1-3-7-25(23)45-35)29-13-19-9-17-12-28-20(10-18(17)11-27(19)41-29)14-30(42-28)32-16-22(38)34(44-32)36-40-24-6-2-4-8-26(24)46-36/h1-16H. The van der Waals surface area contributed by atoms with Crippen LogP contribution in [0.15, 0.2) is 97.1 Å². The first-order valence-corrected chi connectivity index (χ1v) is 19.1. The van der Waals surface area contributed by atoms with Gasteiger partial charge in [0.2, 0.25) is 0 Å². The fourth-order valence-electron chi connectivity index (χ4n) is 5.78. The van der Waals surface area contributed by atoms with E-state index in [1.54, 1.807) is 34.8 Å². The van der Waals surface area contributed by atoms with Crippen LogP contribution in [-0.4, -0.2) is 9.97 Å². The second-order valence-electron chi connectivity index (χ2n) is 10.9. The molecule has 0 spiro atoms. The van der Waals surface area contributed by atoms with Crippen molar-refractivity contribution in [3.8, 4) is 39.3 Å². The van der Waals surface area contributed by atoms with Gasteiger partial charge in [-0.1, -0.05) is 24.3 Å². The fourth-order valence-corrected chi connectivity index (χ4v) is 12.3. The SMILES string of the molecule is Fc1cc(-c2cc3cc4cc5sc(-c6cc(F)c(-c7nc8ccccc8s7)s6)cc5cc4cc3s2)sc1-c1nc2ccccc2s1. The van der Waals surface area contributed by atoms with Crippen LogP contribution < -0.4 is 0 Å². The molecule has 46 heavy (non-hydrogen) atoms. The topological polar surface area (TPSA) is 25.8 Å². The Morgan fingerprint density at radius 1 is 0.391 bits per heavy atom. The van der Waals surface area contributed by atoms with Crippen molar-refractivity contribution in [2.45, 2.75) is 0 Å². The van der Waals surface area contributed by atoms with Crippen LogP contribution in [0, 0.1) is 11.6 Å². The van der Waals surface area contributed by atoms with E-state index in [4.69, 9.17) is 0 Å². The number of thiazole rings is 2. The van der Waals surface area contributed by atoms with E-state index in [1.165, 1.54) is 45.3 Å². The van der Waals surface area contributed by atoms with Crippen LogP contribution in [0.2, 0.25) is 0 Å². The summed E-state index contributed by atoms with van der Waals surface area (Å²) in [5.41, 5.74) is 1.79. The van der Waals surface area contributed by atoms with E-state index in [-0.39, 0.29) is 11.6 Å². The number of rotatable bonds is 4. The number of hydrogen-bond acceptors (Lipinski definition) is 8. The predicted molar refractivity (Wildman–Crippen MR) is 198 cm³/mol. The summed E-state index contributed by atoms with van der Waals surface area (Å²) < 4.78 is 34.8. The molecular weight excluding hydrogens is 691 g/mol. The van der Waals surface area contributed by atoms with Crippen LogP contribution in [0.25, 0.3) is 90.7 Å². The van der Waals surface area contributed by atoms with Gasteiger partial charge in [0.15, 0.2) is 0 Å². The summed E-state index contributed by atoms with van der Waals surface area (Å²) in [6.07, 6.45) is 0. The molecule has 4 aromatic carbocycles. The molecule has 10 heteroatoms. The van der Waals surface area contributed by atoms with Gasteiger partial charge in [-0.3, -0.25) is 0 Å². The Morgan fingerprint density at radius 3 is 1.28 bits per heavy atom. The van der Waals surface area contributed by atoms with Gasteiger partial charge >= 0.3 is 0 Å². The molecule has 6 heterocycles. The molecule has 0 saturated carbocycles. The molecule has 0 aliphatic rings. The zero-order valence-electron chi connectivity index (χ0n) is 23.3. The van der Waals surface area contributed by atoms with Crippen molar-refractivity contribution in [3.63, 3.8) is 0 Å². The third-order valence-electron chi connectivity index (χ3n) is 7.95. The van der Waals surface area contributed by atoms with Gasteiger partial charge in [-0.05, 0) is 94.3 Å². The summed E-state index contributed by atoms with van der Waals surface area (Å²) in [7, 11) is 0. The maximum atomic E-state index is 15.2. The highest BCUT2D eigenvalue weighted by Crippen LogP contribution is 2.46. The zero-order valence-corrected chi connectivity index (χ0v) is 28.2. The Hall–Kier alpha value is -3.90. The average Bonchev–Trinajstić information content (AvgIpc) is 3.89. The van der Waals surface area contributed by atoms with Gasteiger partial charge in [-0.2, -0.15) is 0 Å². The van der Waals surface area contributed by atoms with Crippen LogP contribution in [-0.2, 0) is 0 Å². The lowest BCUT2D eigenvalue weighted by atomic mass is 10.1. The molecule has 10 aromatic rings. The van der Waals surface area contributed by atoms with Crippen LogP contribution >= 0.6 is 68.0 Å². The molecule has 10 rings (SSSR count). The molecule has 0 radical (unpaired) electrons. The molecule has 0 atom stereocenters. The first kappa shape index (κ1) is 27.2. The molecule has 0 unspecified atom stereocenters. The Morgan fingerprint density at radius 2 is 0.826 bits per heavy atom. The maximum Gasteiger partial charge on any atom is 0.144 e. The van der Waals surface area contributed by atoms with Crippen molar-refractivity contribution >= 4 is 119 Å². The highest BCUT2D eigenvalue weighted by molar-refractivity contribution is 7.30. The fraction of sp³-hybridized carbons (Fsp3) is 0. The van der Waals surface area contributed by atoms with E-state index in [1.807, 2.05) is 48.5 Å². The number of aromatic nitrogens is 2. The molecule has 220 valence electrons. The molecule has 0 aliphatic carbocycles. The molecule has 0 bridgehead atoms. The number of para-hydroxylation sites is 2. The van der Waals surface area contributed by atoms with Gasteiger partial charge in [0, 0.05) is 28.9 Å². The summed E-state index contributed by atoms with van der Waals surface area (Å²) in [6.45, 7) is 0. The smallest absolute Gasteiger partial charge is 0.144 e. The number of hydrogen-bond donors (Lipinski definition) is 0. The van der Waals surface area contributed by atoms with Crippen molar-refractivity contribution in [1.29, 1.82) is 0 Å². The minimum absolute atomic E-state index is 0.226. The van der Waals surface area contributed by atoms with E-state index >= 15 is 8.78 Å². The van der Waals surface area contributed by atoms with E-state index in [2.05, 4.69) is 46.4 Å². The molecule has 0 amide bonds. The number of nitrogens with zero attached hydrogens (tertiary/aromatic N) is 2. The van der Waals surface area contributed by atoms with Crippen molar-refractivity contribution < 1.29 is 8.78 Å². The summed E-state index contributed by atoms with van der Waals surface area (Å²) in [4.78, 5) is 14.5. The van der Waals surface area contributed by atoms with Gasteiger partial charge in [-0.25, -0.2) is 18.7 Å². The first-order valence-electron chi connectivity index (χ1n) is 14.2. The Bertz CT molecular complexity index is 2480. The van der Waals surface area contributed by atoms with Crippen LogP contribution in [0.3, 0.4) is 0 Å².